The summed E-state index contributed by atoms with van der Waals surface area (Å²) in [5, 5.41) is 1.67. The van der Waals surface area contributed by atoms with Crippen LogP contribution in [0.5, 0.6) is 0 Å². The van der Waals surface area contributed by atoms with Gasteiger partial charge in [0.05, 0.1) is 5.69 Å². The van der Waals surface area contributed by atoms with Crippen LogP contribution in [0, 0.1) is 13.8 Å². The minimum atomic E-state index is 1.06. The Morgan fingerprint density at radius 1 is 1.56 bits per heavy atom. The molecule has 0 amide bonds. The molecule has 1 rings (SSSR count). The van der Waals surface area contributed by atoms with E-state index in [9.17, 15) is 0 Å². The van der Waals surface area contributed by atoms with Gasteiger partial charge in [0.15, 0.2) is 0 Å². The fraction of sp³-hybridized carbons (Fsp3) is 0.286. The van der Waals surface area contributed by atoms with Crippen LogP contribution in [-0.2, 0) is 0 Å². The molecular formula is C7H9NS. The maximum Gasteiger partial charge on any atom is 0.0521 e. The van der Waals surface area contributed by atoms with E-state index in [1.807, 2.05) is 13.8 Å². The van der Waals surface area contributed by atoms with Gasteiger partial charge >= 0.3 is 0 Å². The van der Waals surface area contributed by atoms with Gasteiger partial charge in [0.25, 0.3) is 0 Å². The van der Waals surface area contributed by atoms with E-state index < -0.39 is 0 Å². The molecule has 0 atom stereocenters. The van der Waals surface area contributed by atoms with Crippen LogP contribution in [0.25, 0.3) is 0 Å². The first kappa shape index (κ1) is 6.49. The largest absolute Gasteiger partial charge is 0.358 e. The Morgan fingerprint density at radius 3 is 2.44 bits per heavy atom. The Morgan fingerprint density at radius 2 is 2.22 bits per heavy atom. The third-order valence-electron chi connectivity index (χ3n) is 1.31. The predicted molar refractivity (Wildman–Crippen MR) is 43.0 cm³/mol. The molecule has 0 saturated heterocycles. The Kier molecular flexibility index (Phi) is 1.67. The molecule has 0 aliphatic heterocycles. The fourth-order valence-electron chi connectivity index (χ4n) is 0.872. The van der Waals surface area contributed by atoms with Crippen LogP contribution < -0.4 is 0 Å². The Hall–Kier alpha value is -0.630. The summed E-state index contributed by atoms with van der Waals surface area (Å²) in [6.45, 7) is 4.07. The van der Waals surface area contributed by atoms with Gasteiger partial charge in [-0.2, -0.15) is 0 Å². The predicted octanol–water partition coefficient (Wildman–Crippen LogP) is 1.98. The van der Waals surface area contributed by atoms with Crippen molar-refractivity contribution in [1.29, 1.82) is 0 Å². The lowest BCUT2D eigenvalue weighted by Crippen LogP contribution is -1.79. The normalized spacial score (nSPS) is 9.56. The van der Waals surface area contributed by atoms with E-state index in [0.29, 0.717) is 0 Å². The summed E-state index contributed by atoms with van der Waals surface area (Å²) in [4.78, 5) is 3.13. The monoisotopic (exact) mass is 139 g/mol. The molecule has 0 aromatic carbocycles. The molecule has 0 bridgehead atoms. The first-order chi connectivity index (χ1) is 4.24. The zero-order valence-corrected chi connectivity index (χ0v) is 6.38. The van der Waals surface area contributed by atoms with Gasteiger partial charge in [-0.1, -0.05) is 12.2 Å². The first-order valence-corrected chi connectivity index (χ1v) is 3.32. The van der Waals surface area contributed by atoms with E-state index in [-0.39, 0.29) is 0 Å². The highest BCUT2D eigenvalue weighted by atomic mass is 32.1. The van der Waals surface area contributed by atoms with Crippen molar-refractivity contribution in [1.82, 2.24) is 4.98 Å². The minimum absolute atomic E-state index is 1.06. The van der Waals surface area contributed by atoms with Crippen LogP contribution in [0.3, 0.4) is 0 Å². The SMILES string of the molecule is Cc1cc(C)c(C=S)[nH]1. The molecule has 2 heteroatoms. The molecule has 1 N–H and O–H groups in total. The Bertz CT molecular complexity index is 225. The topological polar surface area (TPSA) is 15.8 Å². The van der Waals surface area contributed by atoms with Gasteiger partial charge in [-0.05, 0) is 25.5 Å². The first-order valence-electron chi connectivity index (χ1n) is 2.85. The summed E-state index contributed by atoms with van der Waals surface area (Å²) in [7, 11) is 0. The fourth-order valence-corrected chi connectivity index (χ4v) is 1.12. The molecule has 0 fully saturated rings. The lowest BCUT2D eigenvalue weighted by atomic mass is 10.3. The van der Waals surface area contributed by atoms with Gasteiger partial charge < -0.3 is 4.98 Å². The molecule has 0 spiro atoms. The van der Waals surface area contributed by atoms with Crippen molar-refractivity contribution >= 4 is 17.6 Å². The Labute approximate surface area is 60.1 Å². The number of aromatic nitrogens is 1. The van der Waals surface area contributed by atoms with Crippen molar-refractivity contribution in [3.05, 3.63) is 23.0 Å². The van der Waals surface area contributed by atoms with Crippen LogP contribution in [0.4, 0.5) is 0 Å². The average molecular weight is 139 g/mol. The van der Waals surface area contributed by atoms with Gasteiger partial charge in [0.2, 0.25) is 0 Å². The summed E-state index contributed by atoms with van der Waals surface area (Å²) in [6, 6.07) is 2.08. The molecule has 0 radical (unpaired) electrons. The van der Waals surface area contributed by atoms with Crippen LogP contribution in [0.2, 0.25) is 0 Å². The third kappa shape index (κ3) is 1.19. The molecule has 48 valence electrons. The van der Waals surface area contributed by atoms with Crippen molar-refractivity contribution in [2.45, 2.75) is 13.8 Å². The van der Waals surface area contributed by atoms with Crippen molar-refractivity contribution in [3.63, 3.8) is 0 Å². The zero-order valence-electron chi connectivity index (χ0n) is 5.56. The number of rotatable bonds is 1. The van der Waals surface area contributed by atoms with Crippen molar-refractivity contribution in [3.8, 4) is 0 Å². The van der Waals surface area contributed by atoms with E-state index in [0.717, 1.165) is 5.69 Å². The number of nitrogens with one attached hydrogen (secondary N) is 1. The summed E-state index contributed by atoms with van der Waals surface area (Å²) in [6.07, 6.45) is 0. The summed E-state index contributed by atoms with van der Waals surface area (Å²) in [5.41, 5.74) is 3.45. The van der Waals surface area contributed by atoms with E-state index in [1.54, 1.807) is 5.37 Å². The highest BCUT2D eigenvalue weighted by Crippen LogP contribution is 2.05. The standard InChI is InChI=1S/C7H9NS/c1-5-3-6(2)8-7(5)4-9/h3-4,8H,1-2H3. The molecule has 9 heavy (non-hydrogen) atoms. The van der Waals surface area contributed by atoms with Gasteiger partial charge in [-0.15, -0.1) is 0 Å². The average Bonchev–Trinajstić information content (AvgIpc) is 2.10. The van der Waals surface area contributed by atoms with E-state index in [1.165, 1.54) is 11.3 Å². The molecule has 0 saturated carbocycles. The molecule has 0 aliphatic rings. The van der Waals surface area contributed by atoms with Crippen LogP contribution in [0.15, 0.2) is 6.07 Å². The Balaban J connectivity index is 3.15. The number of hydrogen-bond donors (Lipinski definition) is 1. The quantitative estimate of drug-likeness (QED) is 0.588. The number of aryl methyl sites for hydroxylation is 2. The van der Waals surface area contributed by atoms with Crippen LogP contribution in [-0.4, -0.2) is 10.4 Å². The van der Waals surface area contributed by atoms with E-state index >= 15 is 0 Å². The van der Waals surface area contributed by atoms with Gasteiger partial charge in [-0.25, -0.2) is 0 Å². The summed E-state index contributed by atoms with van der Waals surface area (Å²) >= 11 is 4.76. The molecule has 1 aromatic heterocycles. The van der Waals surface area contributed by atoms with E-state index in [2.05, 4.69) is 11.1 Å². The molecular weight excluding hydrogens is 130 g/mol. The highest BCUT2D eigenvalue weighted by molar-refractivity contribution is 7.79. The molecule has 0 unspecified atom stereocenters. The van der Waals surface area contributed by atoms with Gasteiger partial charge in [0, 0.05) is 11.1 Å². The number of aromatic amines is 1. The number of hydrogen-bond acceptors (Lipinski definition) is 1. The minimum Gasteiger partial charge on any atom is -0.358 e. The molecule has 1 nitrogen and oxygen atoms in total. The van der Waals surface area contributed by atoms with Crippen molar-refractivity contribution in [2.75, 3.05) is 0 Å². The van der Waals surface area contributed by atoms with Gasteiger partial charge in [0.1, 0.15) is 0 Å². The second-order valence-electron chi connectivity index (χ2n) is 2.17. The maximum atomic E-state index is 4.76. The third-order valence-corrected chi connectivity index (χ3v) is 1.54. The summed E-state index contributed by atoms with van der Waals surface area (Å²) in [5.74, 6) is 0. The molecule has 1 aromatic rings. The smallest absolute Gasteiger partial charge is 0.0521 e. The lowest BCUT2D eigenvalue weighted by Gasteiger charge is -1.83. The second-order valence-corrected chi connectivity index (χ2v) is 2.40. The van der Waals surface area contributed by atoms with Crippen LogP contribution in [0.1, 0.15) is 17.0 Å². The van der Waals surface area contributed by atoms with Crippen molar-refractivity contribution in [2.24, 2.45) is 0 Å². The zero-order chi connectivity index (χ0) is 6.85. The summed E-state index contributed by atoms with van der Waals surface area (Å²) < 4.78 is 0. The second kappa shape index (κ2) is 2.31. The number of H-pyrrole nitrogens is 1. The van der Waals surface area contributed by atoms with Gasteiger partial charge in [-0.3, -0.25) is 0 Å². The highest BCUT2D eigenvalue weighted by Gasteiger charge is 1.95. The lowest BCUT2D eigenvalue weighted by molar-refractivity contribution is 1.25. The number of thiocarbonyl (C=S) groups is 1. The van der Waals surface area contributed by atoms with E-state index in [4.69, 9.17) is 12.2 Å². The van der Waals surface area contributed by atoms with Crippen molar-refractivity contribution < 1.29 is 0 Å². The maximum absolute atomic E-state index is 4.76. The van der Waals surface area contributed by atoms with Crippen LogP contribution >= 0.6 is 12.2 Å². The molecule has 1 heterocycles. The molecule has 0 aliphatic carbocycles.